The second kappa shape index (κ2) is 31.8. The zero-order chi connectivity index (χ0) is 62.8. The molecule has 2 amide bonds. The van der Waals surface area contributed by atoms with Crippen molar-refractivity contribution in [1.29, 1.82) is 0 Å². The van der Waals surface area contributed by atoms with E-state index in [2.05, 4.69) is 29.4 Å². The summed E-state index contributed by atoms with van der Waals surface area (Å²) in [5.74, 6) is -3.62. The van der Waals surface area contributed by atoms with E-state index in [0.29, 0.717) is 13.2 Å². The lowest BCUT2D eigenvalue weighted by atomic mass is 9.97. The van der Waals surface area contributed by atoms with Crippen LogP contribution in [-0.4, -0.2) is 256 Å². The van der Waals surface area contributed by atoms with Crippen LogP contribution in [0.15, 0.2) is 68.8 Å². The summed E-state index contributed by atoms with van der Waals surface area (Å²) in [6, 6.07) is -3.19. The van der Waals surface area contributed by atoms with Crippen molar-refractivity contribution in [2.45, 2.75) is 139 Å². The van der Waals surface area contributed by atoms with Gasteiger partial charge < -0.3 is 118 Å². The van der Waals surface area contributed by atoms with Gasteiger partial charge in [0.2, 0.25) is 11.4 Å². The predicted molar refractivity (Wildman–Crippen MR) is 293 cm³/mol. The van der Waals surface area contributed by atoms with Crippen LogP contribution in [0.2, 0.25) is 0 Å². The Morgan fingerprint density at radius 2 is 0.750 bits per heavy atom. The molecule has 36 nitrogen and oxygen atoms in total. The minimum Gasteiger partial charge on any atom is -0.464 e. The molecule has 10 rings (SSSR count). The summed E-state index contributed by atoms with van der Waals surface area (Å²) in [6.45, 7) is 3.13. The second-order valence-electron chi connectivity index (χ2n) is 19.7. The van der Waals surface area contributed by atoms with Crippen LogP contribution in [0.5, 0.6) is 0 Å². The minimum atomic E-state index is -1.35. The van der Waals surface area contributed by atoms with Crippen molar-refractivity contribution in [3.8, 4) is 0 Å². The van der Waals surface area contributed by atoms with E-state index >= 15 is 0 Å². The zero-order valence-electron chi connectivity index (χ0n) is 46.3. The number of hydrogen-bond acceptors (Lipinski definition) is 30. The molecule has 4 aromatic rings. The number of aromatic nitrogens is 8. The number of hydrogen-bond donors (Lipinski definition) is 10. The number of esters is 2. The maximum Gasteiger partial charge on any atom is 0.362 e. The number of rotatable bonds is 10. The molecule has 12 N–H and O–H groups in total. The van der Waals surface area contributed by atoms with Gasteiger partial charge in [0.25, 0.3) is 34.1 Å². The summed E-state index contributed by atoms with van der Waals surface area (Å²) < 4.78 is 57.0. The number of methoxy groups -OCH3 is 2. The third-order valence-corrected chi connectivity index (χ3v) is 14.5. The molecule has 6 fully saturated rings. The summed E-state index contributed by atoms with van der Waals surface area (Å²) in [4.78, 5) is 109. The van der Waals surface area contributed by atoms with Crippen LogP contribution < -0.4 is 33.7 Å². The number of nitrogens with two attached hydrogens (primary N) is 2. The van der Waals surface area contributed by atoms with Crippen LogP contribution in [0.1, 0.15) is 94.8 Å². The minimum absolute atomic E-state index is 0. The Hall–Kier alpha value is -7.24. The van der Waals surface area contributed by atoms with E-state index in [1.807, 2.05) is 0 Å². The maximum absolute atomic E-state index is 12.4. The number of primary amides is 2. The average molecular weight is 1260 g/mol. The molecule has 0 bridgehead atoms. The van der Waals surface area contributed by atoms with Crippen LogP contribution in [0.25, 0.3) is 0 Å². The van der Waals surface area contributed by atoms with Crippen molar-refractivity contribution in [3.05, 3.63) is 114 Å². The van der Waals surface area contributed by atoms with Crippen molar-refractivity contribution < 1.29 is 107 Å². The van der Waals surface area contributed by atoms with Gasteiger partial charge in [-0.05, 0) is 13.8 Å². The van der Waals surface area contributed by atoms with Crippen LogP contribution >= 0.6 is 0 Å². The van der Waals surface area contributed by atoms with Gasteiger partial charge in [0.1, 0.15) is 73.2 Å². The molecule has 4 aromatic heterocycles. The highest BCUT2D eigenvalue weighted by Gasteiger charge is 2.47. The molecule has 0 aliphatic carbocycles. The Balaban J connectivity index is 0.000000213. The second-order valence-corrected chi connectivity index (χ2v) is 19.7. The topological polar surface area (TPSA) is 514 Å². The average Bonchev–Trinajstić information content (AvgIpc) is 0.981. The Bertz CT molecular complexity index is 3050. The van der Waals surface area contributed by atoms with Gasteiger partial charge in [0.15, 0.2) is 24.0 Å². The van der Waals surface area contributed by atoms with Crippen molar-refractivity contribution in [3.63, 3.8) is 0 Å². The van der Waals surface area contributed by atoms with Gasteiger partial charge in [0, 0.05) is 49.6 Å². The van der Waals surface area contributed by atoms with Crippen LogP contribution in [0.3, 0.4) is 0 Å². The Labute approximate surface area is 499 Å². The number of fused-ring (bicyclic) bond motifs is 2. The van der Waals surface area contributed by atoms with Gasteiger partial charge in [-0.1, -0.05) is 14.9 Å². The van der Waals surface area contributed by atoms with Crippen molar-refractivity contribution in [2.24, 2.45) is 11.5 Å². The number of aliphatic hydroxyl groups is 8. The molecule has 6 aliphatic heterocycles. The van der Waals surface area contributed by atoms with E-state index in [1.54, 1.807) is 13.8 Å². The lowest BCUT2D eigenvalue weighted by Crippen LogP contribution is -2.58. The van der Waals surface area contributed by atoms with E-state index in [9.17, 15) is 69.0 Å². The van der Waals surface area contributed by atoms with Gasteiger partial charge in [-0.15, -0.1) is 0 Å². The molecule has 10 heterocycles. The standard InChI is InChI=1S/2C14H18N2O7.2C11H15N3O6.2CH4/c2*1-7-21-6-9-12(23-7)11(17)8(5-22-9)16-4-3-15-10(13(16)18)14(19)20-2;2*12-10(18)7-11(19)14(2-1-13-7)5-4-20-6(3-15)9(17)8(5)16;;/h2*3-4,7-9,11-12,17H,5-6H2,1-2H3;2*1-2,5-6,8-9,15-17H,3-4H2,(H2,12,18);2*1H4/t7?,8-,9+,11+,12+;7?,8-,9-,11+,12+;5-,6+,8+,9+;5-,6-,8+,9+;;/m0101../s1. The molecule has 18 atom stereocenters. The smallest absolute Gasteiger partial charge is 0.362 e. The summed E-state index contributed by atoms with van der Waals surface area (Å²) in [7, 11) is 2.34. The quantitative estimate of drug-likeness (QED) is 0.0660. The van der Waals surface area contributed by atoms with Gasteiger partial charge >= 0.3 is 11.9 Å². The molecule has 0 aromatic carbocycles. The van der Waals surface area contributed by atoms with Crippen molar-refractivity contribution in [1.82, 2.24) is 38.2 Å². The number of ether oxygens (including phenoxy) is 10. The van der Waals surface area contributed by atoms with Crippen molar-refractivity contribution in [2.75, 3.05) is 67.1 Å². The fraction of sp³-hybridized carbons (Fsp3) is 0.615. The van der Waals surface area contributed by atoms with Gasteiger partial charge in [-0.3, -0.25) is 28.8 Å². The predicted octanol–water partition coefficient (Wildman–Crippen LogP) is -6.55. The Morgan fingerprint density at radius 1 is 0.466 bits per heavy atom. The summed E-state index contributed by atoms with van der Waals surface area (Å²) in [5, 5.41) is 78.7. The van der Waals surface area contributed by atoms with E-state index in [1.165, 1.54) is 72.9 Å². The number of carbonyl (C=O) groups is 4. The fourth-order valence-corrected chi connectivity index (χ4v) is 9.90. The highest BCUT2D eigenvalue weighted by Crippen LogP contribution is 2.32. The molecular weight excluding hydrogens is 1180 g/mol. The summed E-state index contributed by atoms with van der Waals surface area (Å²) in [6.07, 6.45) is -1.79. The first-order valence-corrected chi connectivity index (χ1v) is 26.3. The molecule has 0 saturated carbocycles. The first-order chi connectivity index (χ1) is 41.0. The molecule has 0 radical (unpaired) electrons. The molecule has 6 saturated heterocycles. The molecule has 0 spiro atoms. The molecular formula is C52H74N10O26. The highest BCUT2D eigenvalue weighted by atomic mass is 16.7. The number of carbonyl (C=O) groups excluding carboxylic acids is 4. The SMILES string of the molecule is C.C.COC(=O)c1nccn([C@@H]2CO[C@@H]3COC(C)O[C@@H]3[C@H]2O)c1=O.COC(=O)c1nccn([C@H]2CO[C@@H]3COC(C)O[C@H]3[C@@H]2O)c1=O.NC(=O)c1nccn([C@@H]2CO[C@H](CO)[C@H](O)[C@H]2O)c1=O.NC(=O)c1nccn([C@H]2CO[C@H](CO)[C@@H](O)[C@@H]2O)c1=O. The third kappa shape index (κ3) is 15.6. The lowest BCUT2D eigenvalue weighted by Gasteiger charge is -2.44. The third-order valence-electron chi connectivity index (χ3n) is 14.5. The van der Waals surface area contributed by atoms with Crippen LogP contribution in [0, 0.1) is 0 Å². The molecule has 6 aliphatic rings. The fourth-order valence-electron chi connectivity index (χ4n) is 9.90. The Morgan fingerprint density at radius 3 is 1.05 bits per heavy atom. The van der Waals surface area contributed by atoms with E-state index in [0.717, 1.165) is 9.13 Å². The molecule has 2 unspecified atom stereocenters. The normalized spacial score (nSPS) is 31.4. The van der Waals surface area contributed by atoms with E-state index < -0.39 is 181 Å². The zero-order valence-corrected chi connectivity index (χ0v) is 46.3. The van der Waals surface area contributed by atoms with Crippen LogP contribution in [-0.2, 0) is 47.4 Å². The monoisotopic (exact) mass is 1250 g/mol. The van der Waals surface area contributed by atoms with Gasteiger partial charge in [0.05, 0.1) is 91.2 Å². The number of amides is 2. The number of nitrogens with zero attached hydrogens (tertiary/aromatic N) is 8. The molecule has 488 valence electrons. The largest absolute Gasteiger partial charge is 0.464 e. The summed E-state index contributed by atoms with van der Waals surface area (Å²) >= 11 is 0. The first-order valence-electron chi connectivity index (χ1n) is 26.3. The first kappa shape index (κ1) is 71.5. The maximum atomic E-state index is 12.4. The van der Waals surface area contributed by atoms with E-state index in [4.69, 9.17) is 59.6 Å². The van der Waals surface area contributed by atoms with E-state index in [-0.39, 0.29) is 52.7 Å². The van der Waals surface area contributed by atoms with Crippen LogP contribution in [0.4, 0.5) is 0 Å². The lowest BCUT2D eigenvalue weighted by molar-refractivity contribution is -0.297. The molecule has 36 heteroatoms. The summed E-state index contributed by atoms with van der Waals surface area (Å²) in [5.41, 5.74) is 5.61. The van der Waals surface area contributed by atoms with Gasteiger partial charge in [-0.2, -0.15) is 0 Å². The number of aliphatic hydroxyl groups excluding tert-OH is 8. The molecule has 88 heavy (non-hydrogen) atoms. The Kier molecular flexibility index (Phi) is 25.8. The highest BCUT2D eigenvalue weighted by molar-refractivity contribution is 5.90. The van der Waals surface area contributed by atoms with Gasteiger partial charge in [-0.25, -0.2) is 29.5 Å². The van der Waals surface area contributed by atoms with Crippen molar-refractivity contribution >= 4 is 23.8 Å².